The number of aliphatic hydroxyl groups excluding tert-OH is 1. The largest absolute Gasteiger partial charge is 0.396 e. The maximum Gasteiger partial charge on any atom is 0.0745 e. The Morgan fingerprint density at radius 1 is 0.952 bits per heavy atom. The average Bonchev–Trinajstić information content (AvgIpc) is 2.48. The van der Waals surface area contributed by atoms with Crippen molar-refractivity contribution in [2.45, 2.75) is 20.3 Å². The number of hydrogen-bond acceptors (Lipinski definition) is 2. The molecule has 3 aromatic rings. The molecular weight excluding hydrogens is 258 g/mol. The predicted molar refractivity (Wildman–Crippen MR) is 87.4 cm³/mol. The maximum atomic E-state index is 9.36. The Labute approximate surface area is 125 Å². The summed E-state index contributed by atoms with van der Waals surface area (Å²) in [7, 11) is 0. The van der Waals surface area contributed by atoms with Crippen molar-refractivity contribution in [1.82, 2.24) is 4.98 Å². The van der Waals surface area contributed by atoms with Crippen LogP contribution in [0.4, 0.5) is 0 Å². The van der Waals surface area contributed by atoms with E-state index in [4.69, 9.17) is 4.98 Å². The van der Waals surface area contributed by atoms with Crippen LogP contribution in [0.2, 0.25) is 0 Å². The van der Waals surface area contributed by atoms with E-state index in [1.807, 2.05) is 12.1 Å². The van der Waals surface area contributed by atoms with Crippen LogP contribution in [0.15, 0.2) is 48.5 Å². The SMILES string of the molecule is Cc1ccccc1-c1nc2c(C)cccc2cc1CCO. The summed E-state index contributed by atoms with van der Waals surface area (Å²) in [5.41, 5.74) is 6.66. The van der Waals surface area contributed by atoms with Gasteiger partial charge >= 0.3 is 0 Å². The van der Waals surface area contributed by atoms with E-state index in [9.17, 15) is 5.11 Å². The van der Waals surface area contributed by atoms with E-state index in [2.05, 4.69) is 50.2 Å². The van der Waals surface area contributed by atoms with Gasteiger partial charge in [0, 0.05) is 17.6 Å². The molecule has 1 aromatic heterocycles. The van der Waals surface area contributed by atoms with E-state index < -0.39 is 0 Å². The highest BCUT2D eigenvalue weighted by molar-refractivity contribution is 5.86. The van der Waals surface area contributed by atoms with Gasteiger partial charge < -0.3 is 5.11 Å². The molecule has 0 aliphatic carbocycles. The monoisotopic (exact) mass is 277 g/mol. The fraction of sp³-hybridized carbons (Fsp3) is 0.211. The van der Waals surface area contributed by atoms with Crippen LogP contribution < -0.4 is 0 Å². The molecule has 3 rings (SSSR count). The maximum absolute atomic E-state index is 9.36. The van der Waals surface area contributed by atoms with Crippen molar-refractivity contribution in [3.8, 4) is 11.3 Å². The minimum Gasteiger partial charge on any atom is -0.396 e. The minimum atomic E-state index is 0.137. The van der Waals surface area contributed by atoms with Gasteiger partial charge in [-0.2, -0.15) is 0 Å². The van der Waals surface area contributed by atoms with E-state index in [1.165, 1.54) is 11.1 Å². The summed E-state index contributed by atoms with van der Waals surface area (Å²) in [4.78, 5) is 4.91. The lowest BCUT2D eigenvalue weighted by atomic mass is 9.97. The smallest absolute Gasteiger partial charge is 0.0745 e. The van der Waals surface area contributed by atoms with Crippen LogP contribution in [-0.2, 0) is 6.42 Å². The number of aliphatic hydroxyl groups is 1. The van der Waals surface area contributed by atoms with Gasteiger partial charge in [-0.1, -0.05) is 42.5 Å². The molecule has 0 aliphatic rings. The van der Waals surface area contributed by atoms with Crippen LogP contribution in [0.5, 0.6) is 0 Å². The van der Waals surface area contributed by atoms with Gasteiger partial charge in [-0.15, -0.1) is 0 Å². The number of pyridine rings is 1. The Bertz CT molecular complexity index is 793. The number of para-hydroxylation sites is 1. The molecule has 21 heavy (non-hydrogen) atoms. The lowest BCUT2D eigenvalue weighted by Crippen LogP contribution is -1.99. The number of aryl methyl sites for hydroxylation is 2. The molecule has 2 aromatic carbocycles. The molecule has 0 radical (unpaired) electrons. The lowest BCUT2D eigenvalue weighted by molar-refractivity contribution is 0.299. The number of rotatable bonds is 3. The predicted octanol–water partition coefficient (Wildman–Crippen LogP) is 4.05. The Morgan fingerprint density at radius 3 is 2.48 bits per heavy atom. The van der Waals surface area contributed by atoms with Gasteiger partial charge in [-0.3, -0.25) is 0 Å². The van der Waals surface area contributed by atoms with Crippen molar-refractivity contribution in [3.63, 3.8) is 0 Å². The zero-order chi connectivity index (χ0) is 14.8. The fourth-order valence-corrected chi connectivity index (χ4v) is 2.77. The third-order valence-electron chi connectivity index (χ3n) is 3.91. The molecule has 0 bridgehead atoms. The Balaban J connectivity index is 2.31. The Kier molecular flexibility index (Phi) is 3.72. The van der Waals surface area contributed by atoms with E-state index >= 15 is 0 Å². The summed E-state index contributed by atoms with van der Waals surface area (Å²) >= 11 is 0. The third kappa shape index (κ3) is 2.55. The zero-order valence-electron chi connectivity index (χ0n) is 12.4. The standard InChI is InChI=1S/C19H19NO/c1-13-6-3-4-9-17(13)19-16(10-11-21)12-15-8-5-7-14(2)18(15)20-19/h3-9,12,21H,10-11H2,1-2H3. The quantitative estimate of drug-likeness (QED) is 0.783. The Morgan fingerprint density at radius 2 is 1.71 bits per heavy atom. The highest BCUT2D eigenvalue weighted by Gasteiger charge is 2.11. The topological polar surface area (TPSA) is 33.1 Å². The van der Waals surface area contributed by atoms with E-state index in [1.54, 1.807) is 0 Å². The van der Waals surface area contributed by atoms with Crippen LogP contribution in [0.3, 0.4) is 0 Å². The summed E-state index contributed by atoms with van der Waals surface area (Å²) in [6.07, 6.45) is 0.626. The lowest BCUT2D eigenvalue weighted by Gasteiger charge is -2.13. The van der Waals surface area contributed by atoms with Crippen LogP contribution >= 0.6 is 0 Å². The molecule has 0 spiro atoms. The first kappa shape index (κ1) is 13.8. The number of nitrogens with zero attached hydrogens (tertiary/aromatic N) is 1. The summed E-state index contributed by atoms with van der Waals surface area (Å²) in [5, 5.41) is 10.5. The van der Waals surface area contributed by atoms with Gasteiger partial charge in [-0.05, 0) is 43.0 Å². The van der Waals surface area contributed by atoms with Gasteiger partial charge in [0.15, 0.2) is 0 Å². The van der Waals surface area contributed by atoms with Gasteiger partial charge in [0.1, 0.15) is 0 Å². The van der Waals surface area contributed by atoms with Crippen molar-refractivity contribution in [1.29, 1.82) is 0 Å². The molecule has 0 saturated heterocycles. The third-order valence-corrected chi connectivity index (χ3v) is 3.91. The second kappa shape index (κ2) is 5.66. The van der Waals surface area contributed by atoms with Gasteiger partial charge in [0.05, 0.1) is 11.2 Å². The molecule has 1 heterocycles. The van der Waals surface area contributed by atoms with Crippen molar-refractivity contribution in [3.05, 3.63) is 65.2 Å². The zero-order valence-corrected chi connectivity index (χ0v) is 12.4. The highest BCUT2D eigenvalue weighted by Crippen LogP contribution is 2.29. The van der Waals surface area contributed by atoms with Crippen LogP contribution in [0.1, 0.15) is 16.7 Å². The molecule has 2 heteroatoms. The number of benzene rings is 2. The molecule has 0 fully saturated rings. The van der Waals surface area contributed by atoms with Crippen LogP contribution in [-0.4, -0.2) is 16.7 Å². The first-order chi connectivity index (χ1) is 10.2. The summed E-state index contributed by atoms with van der Waals surface area (Å²) in [5.74, 6) is 0. The molecular formula is C19H19NO. The number of hydrogen-bond donors (Lipinski definition) is 1. The van der Waals surface area contributed by atoms with Gasteiger partial charge in [-0.25, -0.2) is 4.98 Å². The van der Waals surface area contributed by atoms with Crippen LogP contribution in [0, 0.1) is 13.8 Å². The summed E-state index contributed by atoms with van der Waals surface area (Å²) < 4.78 is 0. The molecule has 0 aliphatic heterocycles. The fourth-order valence-electron chi connectivity index (χ4n) is 2.77. The molecule has 0 atom stereocenters. The first-order valence-corrected chi connectivity index (χ1v) is 7.27. The van der Waals surface area contributed by atoms with E-state index in [0.717, 1.165) is 27.7 Å². The average molecular weight is 277 g/mol. The molecule has 0 saturated carbocycles. The Hall–Kier alpha value is -2.19. The molecule has 1 N–H and O–H groups in total. The summed E-state index contributed by atoms with van der Waals surface area (Å²) in [6.45, 7) is 4.32. The second-order valence-corrected chi connectivity index (χ2v) is 5.43. The number of fused-ring (bicyclic) bond motifs is 1. The first-order valence-electron chi connectivity index (χ1n) is 7.27. The molecule has 0 unspecified atom stereocenters. The highest BCUT2D eigenvalue weighted by atomic mass is 16.2. The second-order valence-electron chi connectivity index (χ2n) is 5.43. The van der Waals surface area contributed by atoms with E-state index in [0.29, 0.717) is 6.42 Å². The molecule has 2 nitrogen and oxygen atoms in total. The summed E-state index contributed by atoms with van der Waals surface area (Å²) in [6, 6.07) is 16.7. The van der Waals surface area contributed by atoms with Crippen molar-refractivity contribution < 1.29 is 5.11 Å². The van der Waals surface area contributed by atoms with Crippen molar-refractivity contribution >= 4 is 10.9 Å². The van der Waals surface area contributed by atoms with Gasteiger partial charge in [0.25, 0.3) is 0 Å². The molecule has 106 valence electrons. The number of aromatic nitrogens is 1. The van der Waals surface area contributed by atoms with Gasteiger partial charge in [0.2, 0.25) is 0 Å². The normalized spacial score (nSPS) is 11.0. The minimum absolute atomic E-state index is 0.137. The van der Waals surface area contributed by atoms with Crippen molar-refractivity contribution in [2.75, 3.05) is 6.61 Å². The van der Waals surface area contributed by atoms with Crippen LogP contribution in [0.25, 0.3) is 22.2 Å². The molecule has 0 amide bonds. The van der Waals surface area contributed by atoms with E-state index in [-0.39, 0.29) is 6.61 Å². The van der Waals surface area contributed by atoms with Crippen molar-refractivity contribution in [2.24, 2.45) is 0 Å².